The smallest absolute Gasteiger partial charge is 0.116 e. The lowest BCUT2D eigenvalue weighted by atomic mass is 10.0. The molecule has 4 nitrogen and oxygen atoms in total. The average molecular weight is 361 g/mol. The topological polar surface area (TPSA) is 33.7 Å². The fraction of sp³-hybridized carbons (Fsp3) is 0.545. The van der Waals surface area contributed by atoms with Crippen LogP contribution in [0.2, 0.25) is 0 Å². The number of hydrogen-bond donors (Lipinski definition) is 1. The Balaban J connectivity index is 2.52. The second-order valence-electron chi connectivity index (χ2n) is 6.53. The van der Waals surface area contributed by atoms with E-state index in [9.17, 15) is 0 Å². The van der Waals surface area contributed by atoms with Crippen LogP contribution in [0, 0.1) is 0 Å². The molecular formula is C22H36N2O2. The minimum atomic E-state index is -0.0299. The van der Waals surface area contributed by atoms with Gasteiger partial charge in [0.2, 0.25) is 0 Å². The molecule has 0 aromatic rings. The molecule has 0 heterocycles. The van der Waals surface area contributed by atoms with Crippen LogP contribution in [-0.2, 0) is 9.47 Å². The Labute approximate surface area is 159 Å². The van der Waals surface area contributed by atoms with Crippen molar-refractivity contribution in [3.63, 3.8) is 0 Å². The first kappa shape index (κ1) is 22.3. The van der Waals surface area contributed by atoms with E-state index >= 15 is 0 Å². The molecule has 1 N–H and O–H groups in total. The number of methoxy groups -OCH3 is 1. The molecule has 26 heavy (non-hydrogen) atoms. The highest BCUT2D eigenvalue weighted by atomic mass is 16.5. The van der Waals surface area contributed by atoms with Crippen molar-refractivity contribution in [2.75, 3.05) is 39.9 Å². The number of nitrogens with one attached hydrogen (secondary N) is 1. The van der Waals surface area contributed by atoms with Crippen molar-refractivity contribution in [1.29, 1.82) is 0 Å². The molecule has 0 fully saturated rings. The zero-order valence-corrected chi connectivity index (χ0v) is 16.8. The van der Waals surface area contributed by atoms with Crippen LogP contribution in [0.4, 0.5) is 0 Å². The maximum absolute atomic E-state index is 5.99. The van der Waals surface area contributed by atoms with Gasteiger partial charge in [0.25, 0.3) is 0 Å². The van der Waals surface area contributed by atoms with E-state index in [0.29, 0.717) is 13.2 Å². The Morgan fingerprint density at radius 2 is 2.27 bits per heavy atom. The molecule has 0 amide bonds. The van der Waals surface area contributed by atoms with Crippen LogP contribution in [0.1, 0.15) is 33.1 Å². The maximum Gasteiger partial charge on any atom is 0.116 e. The van der Waals surface area contributed by atoms with Crippen LogP contribution >= 0.6 is 0 Å². The first-order chi connectivity index (χ1) is 12.6. The minimum Gasteiger partial charge on any atom is -0.491 e. The number of hydrogen-bond acceptors (Lipinski definition) is 4. The van der Waals surface area contributed by atoms with Crippen LogP contribution in [0.3, 0.4) is 0 Å². The summed E-state index contributed by atoms with van der Waals surface area (Å²) in [5.41, 5.74) is 2.23. The highest BCUT2D eigenvalue weighted by Crippen LogP contribution is 2.19. The van der Waals surface area contributed by atoms with E-state index in [4.69, 9.17) is 9.47 Å². The molecule has 0 aromatic heterocycles. The minimum absolute atomic E-state index is 0.0299. The van der Waals surface area contributed by atoms with Crippen LogP contribution in [0.15, 0.2) is 60.6 Å². The molecule has 1 unspecified atom stereocenters. The summed E-state index contributed by atoms with van der Waals surface area (Å²) < 4.78 is 11.5. The Bertz CT molecular complexity index is 520. The molecule has 0 bridgehead atoms. The monoisotopic (exact) mass is 360 g/mol. The summed E-state index contributed by atoms with van der Waals surface area (Å²) in [6, 6.07) is 0. The van der Waals surface area contributed by atoms with Gasteiger partial charge in [-0.2, -0.15) is 0 Å². The Hall–Kier alpha value is -1.78. The zero-order chi connectivity index (χ0) is 19.2. The molecule has 0 radical (unpaired) electrons. The lowest BCUT2D eigenvalue weighted by Crippen LogP contribution is -2.31. The molecule has 0 spiro atoms. The van der Waals surface area contributed by atoms with Crippen molar-refractivity contribution in [2.24, 2.45) is 0 Å². The molecule has 1 atom stereocenters. The lowest BCUT2D eigenvalue weighted by Gasteiger charge is -2.24. The molecule has 0 saturated heterocycles. The molecule has 1 aliphatic rings. The summed E-state index contributed by atoms with van der Waals surface area (Å²) in [4.78, 5) is 2.48. The average Bonchev–Trinajstić information content (AvgIpc) is 2.66. The van der Waals surface area contributed by atoms with Crippen molar-refractivity contribution in [3.05, 3.63) is 60.6 Å². The van der Waals surface area contributed by atoms with Gasteiger partial charge in [-0.3, -0.25) is 4.90 Å². The Morgan fingerprint density at radius 1 is 1.46 bits per heavy atom. The third kappa shape index (κ3) is 9.07. The van der Waals surface area contributed by atoms with Gasteiger partial charge in [0, 0.05) is 32.4 Å². The number of ether oxygens (including phenoxy) is 2. The summed E-state index contributed by atoms with van der Waals surface area (Å²) in [5.74, 6) is 0.957. The fourth-order valence-electron chi connectivity index (χ4n) is 2.77. The van der Waals surface area contributed by atoms with E-state index in [-0.39, 0.29) is 6.10 Å². The summed E-state index contributed by atoms with van der Waals surface area (Å²) in [7, 11) is 1.70. The fourth-order valence-corrected chi connectivity index (χ4v) is 2.77. The van der Waals surface area contributed by atoms with Crippen molar-refractivity contribution in [3.8, 4) is 0 Å². The van der Waals surface area contributed by atoms with E-state index < -0.39 is 0 Å². The molecule has 0 saturated carbocycles. The maximum atomic E-state index is 5.99. The third-order valence-electron chi connectivity index (χ3n) is 4.30. The summed E-state index contributed by atoms with van der Waals surface area (Å²) in [6.45, 7) is 16.1. The van der Waals surface area contributed by atoms with Crippen molar-refractivity contribution in [1.82, 2.24) is 10.2 Å². The van der Waals surface area contributed by atoms with Gasteiger partial charge >= 0.3 is 0 Å². The predicted molar refractivity (Wildman–Crippen MR) is 111 cm³/mol. The van der Waals surface area contributed by atoms with E-state index in [0.717, 1.165) is 43.9 Å². The van der Waals surface area contributed by atoms with Crippen LogP contribution in [0.25, 0.3) is 0 Å². The van der Waals surface area contributed by atoms with Crippen molar-refractivity contribution in [2.45, 2.75) is 39.2 Å². The molecule has 0 aromatic carbocycles. The number of rotatable bonds is 14. The largest absolute Gasteiger partial charge is 0.491 e. The second kappa shape index (κ2) is 13.4. The van der Waals surface area contributed by atoms with Gasteiger partial charge in [0.05, 0.1) is 0 Å². The van der Waals surface area contributed by atoms with Crippen LogP contribution < -0.4 is 5.32 Å². The highest BCUT2D eigenvalue weighted by molar-refractivity contribution is 5.24. The van der Waals surface area contributed by atoms with E-state index in [1.165, 1.54) is 12.0 Å². The first-order valence-corrected chi connectivity index (χ1v) is 9.56. The van der Waals surface area contributed by atoms with Gasteiger partial charge in [-0.1, -0.05) is 37.8 Å². The van der Waals surface area contributed by atoms with E-state index in [1.54, 1.807) is 13.2 Å². The third-order valence-corrected chi connectivity index (χ3v) is 4.30. The number of nitrogens with zero attached hydrogens (tertiary/aromatic N) is 1. The van der Waals surface area contributed by atoms with Gasteiger partial charge in [0.1, 0.15) is 18.5 Å². The normalized spacial score (nSPS) is 15.5. The summed E-state index contributed by atoms with van der Waals surface area (Å²) in [6.07, 6.45) is 13.7. The molecule has 1 aliphatic carbocycles. The highest BCUT2D eigenvalue weighted by Gasteiger charge is 2.13. The standard InChI is InChI=1S/C22H36N2O2/c1-6-9-14-24(13-7-2)17-20-11-10-12-21(15-20)26-18-22(25-5)16-23-19(4)8-3/h6,8-9,12,15,22-23H,3-4,7,10-11,13-14,16-18H2,1-2,5H3/b9-6+. The van der Waals surface area contributed by atoms with Gasteiger partial charge in [-0.15, -0.1) is 0 Å². The molecule has 146 valence electrons. The molecular weight excluding hydrogens is 324 g/mol. The van der Waals surface area contributed by atoms with E-state index in [1.807, 2.05) is 0 Å². The van der Waals surface area contributed by atoms with Gasteiger partial charge < -0.3 is 14.8 Å². The lowest BCUT2D eigenvalue weighted by molar-refractivity contribution is 0.0378. The molecule has 1 rings (SSSR count). The first-order valence-electron chi connectivity index (χ1n) is 9.56. The molecule has 4 heteroatoms. The quantitative estimate of drug-likeness (QED) is 0.372. The van der Waals surface area contributed by atoms with E-state index in [2.05, 4.69) is 61.5 Å². The second-order valence-corrected chi connectivity index (χ2v) is 6.53. The van der Waals surface area contributed by atoms with Crippen LogP contribution in [-0.4, -0.2) is 50.9 Å². The SMILES string of the molecule is C=CC(=C)NCC(COC1=CCCC(CN(C/C=C/C)CCC)=C1)OC. The van der Waals surface area contributed by atoms with Gasteiger partial charge in [0.15, 0.2) is 0 Å². The van der Waals surface area contributed by atoms with Crippen molar-refractivity contribution >= 4 is 0 Å². The Morgan fingerprint density at radius 3 is 2.92 bits per heavy atom. The van der Waals surface area contributed by atoms with Gasteiger partial charge in [-0.25, -0.2) is 0 Å². The number of allylic oxidation sites excluding steroid dienone is 4. The van der Waals surface area contributed by atoms with Gasteiger partial charge in [-0.05, 0) is 51.0 Å². The van der Waals surface area contributed by atoms with Crippen molar-refractivity contribution < 1.29 is 9.47 Å². The molecule has 0 aliphatic heterocycles. The summed E-state index contributed by atoms with van der Waals surface area (Å²) in [5, 5.41) is 3.17. The van der Waals surface area contributed by atoms with Crippen LogP contribution in [0.5, 0.6) is 0 Å². The zero-order valence-electron chi connectivity index (χ0n) is 16.8. The predicted octanol–water partition coefficient (Wildman–Crippen LogP) is 4.20. The summed E-state index contributed by atoms with van der Waals surface area (Å²) >= 11 is 0. The Kier molecular flexibility index (Phi) is 11.5.